The first-order valence-corrected chi connectivity index (χ1v) is 6.68. The number of nitrogens with two attached hydrogens (primary N) is 1. The monoisotopic (exact) mass is 293 g/mol. The van der Waals surface area contributed by atoms with Crippen LogP contribution in [0.15, 0.2) is 12.7 Å². The molecule has 4 rings (SSSR count). The number of fused-ring (bicyclic) bond motifs is 3. The van der Waals surface area contributed by atoms with Gasteiger partial charge in [0.25, 0.3) is 0 Å². The van der Waals surface area contributed by atoms with Gasteiger partial charge in [-0.25, -0.2) is 15.0 Å². The summed E-state index contributed by atoms with van der Waals surface area (Å²) in [5.41, 5.74) is 6.64. The van der Waals surface area contributed by atoms with Crippen molar-refractivity contribution in [2.24, 2.45) is 5.92 Å². The Morgan fingerprint density at radius 2 is 2.00 bits per heavy atom. The van der Waals surface area contributed by atoms with Crippen LogP contribution in [0.25, 0.3) is 11.2 Å². The molecule has 1 saturated carbocycles. The lowest BCUT2D eigenvalue weighted by Crippen LogP contribution is -2.45. The van der Waals surface area contributed by atoms with E-state index in [-0.39, 0.29) is 12.4 Å². The number of rotatable bonds is 1. The second kappa shape index (κ2) is 4.34. The van der Waals surface area contributed by atoms with E-state index in [1.165, 1.54) is 12.7 Å². The Labute approximate surface area is 119 Å². The van der Waals surface area contributed by atoms with Gasteiger partial charge in [0, 0.05) is 5.92 Å². The van der Waals surface area contributed by atoms with Crippen LogP contribution in [0, 0.1) is 5.92 Å². The van der Waals surface area contributed by atoms with Gasteiger partial charge in [-0.3, -0.25) is 0 Å². The molecule has 1 aliphatic carbocycles. The molecule has 2 aromatic heterocycles. The molecule has 0 amide bonds. The highest BCUT2D eigenvalue weighted by molar-refractivity contribution is 5.81. The van der Waals surface area contributed by atoms with Crippen LogP contribution in [-0.4, -0.2) is 65.9 Å². The lowest BCUT2D eigenvalue weighted by Gasteiger charge is -2.31. The molecule has 21 heavy (non-hydrogen) atoms. The summed E-state index contributed by atoms with van der Waals surface area (Å²) >= 11 is 0. The summed E-state index contributed by atoms with van der Waals surface area (Å²) in [6, 6.07) is -0.582. The molecule has 2 aliphatic rings. The van der Waals surface area contributed by atoms with Gasteiger partial charge >= 0.3 is 0 Å². The zero-order valence-corrected chi connectivity index (χ0v) is 10.9. The zero-order valence-electron chi connectivity index (χ0n) is 10.9. The molecule has 3 heterocycles. The van der Waals surface area contributed by atoms with Crippen LogP contribution < -0.4 is 5.73 Å². The maximum Gasteiger partial charge on any atom is 0.165 e. The summed E-state index contributed by atoms with van der Waals surface area (Å²) in [5, 5.41) is 30.7. The molecule has 0 aromatic carbocycles. The van der Waals surface area contributed by atoms with E-state index in [0.717, 1.165) is 0 Å². The van der Waals surface area contributed by atoms with Gasteiger partial charge in [0.05, 0.1) is 31.2 Å². The number of aromatic nitrogens is 4. The fourth-order valence-corrected chi connectivity index (χ4v) is 3.46. The van der Waals surface area contributed by atoms with Gasteiger partial charge in [-0.2, -0.15) is 0 Å². The second-order valence-corrected chi connectivity index (χ2v) is 5.50. The number of nitrogen functional groups attached to an aromatic ring is 1. The maximum atomic E-state index is 10.4. The molecule has 5 N–H and O–H groups in total. The van der Waals surface area contributed by atoms with Gasteiger partial charge in [0.1, 0.15) is 24.1 Å². The third-order valence-corrected chi connectivity index (χ3v) is 4.42. The fraction of sp³-hybridized carbons (Fsp3) is 0.583. The lowest BCUT2D eigenvalue weighted by atomic mass is 9.93. The normalized spacial score (nSPS) is 39.0. The predicted octanol–water partition coefficient (Wildman–Crippen LogP) is -1.94. The summed E-state index contributed by atoms with van der Waals surface area (Å²) in [4.78, 5) is 12.2. The van der Waals surface area contributed by atoms with E-state index in [4.69, 9.17) is 10.5 Å². The van der Waals surface area contributed by atoms with Crippen LogP contribution in [-0.2, 0) is 4.74 Å². The average Bonchev–Trinajstić information content (AvgIpc) is 2.93. The topological polar surface area (TPSA) is 140 Å². The molecule has 0 spiro atoms. The van der Waals surface area contributed by atoms with E-state index in [1.54, 1.807) is 4.57 Å². The fourth-order valence-electron chi connectivity index (χ4n) is 3.46. The largest absolute Gasteiger partial charge is 0.390 e. The van der Waals surface area contributed by atoms with Crippen LogP contribution in [0.3, 0.4) is 0 Å². The third kappa shape index (κ3) is 1.62. The number of hydrogen-bond donors (Lipinski definition) is 4. The van der Waals surface area contributed by atoms with Crippen LogP contribution in [0.1, 0.15) is 6.04 Å². The van der Waals surface area contributed by atoms with E-state index in [1.807, 2.05) is 0 Å². The molecule has 2 fully saturated rings. The first-order chi connectivity index (χ1) is 10.1. The highest BCUT2D eigenvalue weighted by Crippen LogP contribution is 2.44. The van der Waals surface area contributed by atoms with E-state index < -0.39 is 36.4 Å². The molecule has 9 nitrogen and oxygen atoms in total. The highest BCUT2D eigenvalue weighted by atomic mass is 16.5. The summed E-state index contributed by atoms with van der Waals surface area (Å²) < 4.78 is 6.96. The van der Waals surface area contributed by atoms with Gasteiger partial charge < -0.3 is 30.4 Å². The van der Waals surface area contributed by atoms with Crippen molar-refractivity contribution in [3.05, 3.63) is 12.7 Å². The number of aliphatic hydroxyl groups excluding tert-OH is 3. The quantitative estimate of drug-likeness (QED) is 0.476. The molecule has 112 valence electrons. The Hall–Kier alpha value is -1.81. The number of aliphatic hydroxyl groups is 3. The number of nitrogens with zero attached hydrogens (tertiary/aromatic N) is 4. The van der Waals surface area contributed by atoms with Crippen LogP contribution in [0.4, 0.5) is 5.82 Å². The highest BCUT2D eigenvalue weighted by Gasteiger charge is 2.57. The Balaban J connectivity index is 1.86. The van der Waals surface area contributed by atoms with E-state index in [0.29, 0.717) is 11.2 Å². The molecule has 6 atom stereocenters. The van der Waals surface area contributed by atoms with E-state index in [2.05, 4.69) is 15.0 Å². The minimum absolute atomic E-state index is 0.0870. The molecule has 0 unspecified atom stereocenters. The van der Waals surface area contributed by atoms with Crippen molar-refractivity contribution in [2.45, 2.75) is 30.5 Å². The summed E-state index contributed by atoms with van der Waals surface area (Å²) in [7, 11) is 0. The van der Waals surface area contributed by atoms with Gasteiger partial charge in [0.15, 0.2) is 11.5 Å². The Bertz CT molecular complexity index is 691. The SMILES string of the molecule is Nc1ncnc2c1ncn2[C@H]1[C@H](O)[C@H]2OC[C@@H](O)[C@H]1[C@H]2O. The Morgan fingerprint density at radius 3 is 2.81 bits per heavy atom. The molecule has 1 aliphatic heterocycles. The van der Waals surface area contributed by atoms with Crippen LogP contribution >= 0.6 is 0 Å². The van der Waals surface area contributed by atoms with Crippen molar-refractivity contribution >= 4 is 17.0 Å². The third-order valence-electron chi connectivity index (χ3n) is 4.42. The Kier molecular flexibility index (Phi) is 2.67. The zero-order chi connectivity index (χ0) is 14.7. The van der Waals surface area contributed by atoms with Gasteiger partial charge in [0.2, 0.25) is 0 Å². The molecule has 9 heteroatoms. The standard InChI is InChI=1S/C12H15N5O4/c13-11-6-12(15-2-14-11)17(3-16-6)7-5-4(18)1-21-10(8(5)19)9(7)20/h2-5,7-10,18-20H,1H2,(H2,13,14,15)/t4-,5-,7-,8-,9+,10+/m1/s1. The van der Waals surface area contributed by atoms with Crippen molar-refractivity contribution in [2.75, 3.05) is 12.3 Å². The van der Waals surface area contributed by atoms with E-state index in [9.17, 15) is 15.3 Å². The van der Waals surface area contributed by atoms with Crippen molar-refractivity contribution in [1.82, 2.24) is 19.5 Å². The maximum absolute atomic E-state index is 10.4. The number of hydrogen-bond acceptors (Lipinski definition) is 8. The number of imidazole rings is 1. The summed E-state index contributed by atoms with van der Waals surface area (Å²) in [5.74, 6) is -0.307. The van der Waals surface area contributed by atoms with Crippen molar-refractivity contribution < 1.29 is 20.1 Å². The first kappa shape index (κ1) is 12.9. The van der Waals surface area contributed by atoms with Gasteiger partial charge in [-0.1, -0.05) is 0 Å². The van der Waals surface area contributed by atoms with Crippen LogP contribution in [0.5, 0.6) is 0 Å². The van der Waals surface area contributed by atoms with Crippen molar-refractivity contribution in [3.63, 3.8) is 0 Å². The van der Waals surface area contributed by atoms with Crippen molar-refractivity contribution in [3.8, 4) is 0 Å². The molecule has 1 saturated heterocycles. The Morgan fingerprint density at radius 1 is 1.19 bits per heavy atom. The minimum atomic E-state index is -0.962. The summed E-state index contributed by atoms with van der Waals surface area (Å²) in [6.07, 6.45) is -0.688. The number of anilines is 1. The molecule has 2 aromatic rings. The van der Waals surface area contributed by atoms with Gasteiger partial charge in [-0.05, 0) is 0 Å². The van der Waals surface area contributed by atoms with E-state index >= 15 is 0 Å². The summed E-state index contributed by atoms with van der Waals surface area (Å²) in [6.45, 7) is 0.0870. The molecular weight excluding hydrogens is 278 g/mol. The lowest BCUT2D eigenvalue weighted by molar-refractivity contribution is -0.142. The van der Waals surface area contributed by atoms with Gasteiger partial charge in [-0.15, -0.1) is 0 Å². The van der Waals surface area contributed by atoms with Crippen LogP contribution in [0.2, 0.25) is 0 Å². The average molecular weight is 293 g/mol. The molecule has 2 bridgehead atoms. The predicted molar refractivity (Wildman–Crippen MR) is 70.0 cm³/mol. The molecule has 0 radical (unpaired) electrons. The second-order valence-electron chi connectivity index (χ2n) is 5.50. The minimum Gasteiger partial charge on any atom is -0.390 e. The smallest absolute Gasteiger partial charge is 0.165 e. The van der Waals surface area contributed by atoms with Crippen molar-refractivity contribution in [1.29, 1.82) is 0 Å². The number of ether oxygens (including phenoxy) is 1. The first-order valence-electron chi connectivity index (χ1n) is 6.68. The molecular formula is C12H15N5O4.